The average molecular weight is 537 g/mol. The van der Waals surface area contributed by atoms with E-state index in [9.17, 15) is 9.59 Å². The van der Waals surface area contributed by atoms with Crippen molar-refractivity contribution in [2.45, 2.75) is 52.5 Å². The maximum atomic E-state index is 13.3. The van der Waals surface area contributed by atoms with Crippen molar-refractivity contribution in [3.8, 4) is 0 Å². The van der Waals surface area contributed by atoms with Gasteiger partial charge in [0, 0.05) is 51.4 Å². The summed E-state index contributed by atoms with van der Waals surface area (Å²) in [4.78, 5) is 28.5. The van der Waals surface area contributed by atoms with Crippen LogP contribution in [0.5, 0.6) is 0 Å². The zero-order chi connectivity index (χ0) is 22.7. The summed E-state index contributed by atoms with van der Waals surface area (Å²) >= 11 is 1.62. The molecule has 1 amide bonds. The molecule has 1 saturated carbocycles. The number of thiophene rings is 1. The number of nitrogens with zero attached hydrogens (tertiary/aromatic N) is 2. The van der Waals surface area contributed by atoms with E-state index in [1.165, 1.54) is 0 Å². The Balaban J connectivity index is 0.00000306. The van der Waals surface area contributed by atoms with Crippen LogP contribution in [-0.4, -0.2) is 22.8 Å². The fraction of sp³-hybridized carbons (Fsp3) is 0.407. The second-order valence-corrected chi connectivity index (χ2v) is 9.76. The van der Waals surface area contributed by atoms with E-state index in [2.05, 4.69) is 12.7 Å². The minimum Gasteiger partial charge on any atom is -0.501 e. The Labute approximate surface area is 225 Å². The number of carbonyl (C=O) groups is 2. The maximum Gasteiger partial charge on any atom is 0.246 e. The summed E-state index contributed by atoms with van der Waals surface area (Å²) in [5, 5.41) is 2.02. The molecule has 4 rings (SSSR count). The number of benzene rings is 1. The van der Waals surface area contributed by atoms with E-state index in [0.29, 0.717) is 30.5 Å². The van der Waals surface area contributed by atoms with Gasteiger partial charge in [-0.1, -0.05) is 37.8 Å². The van der Waals surface area contributed by atoms with E-state index < -0.39 is 0 Å². The van der Waals surface area contributed by atoms with Crippen LogP contribution in [0.25, 0.3) is 10.2 Å². The van der Waals surface area contributed by atoms with Crippen molar-refractivity contribution in [1.82, 2.24) is 4.57 Å². The summed E-state index contributed by atoms with van der Waals surface area (Å²) < 4.78 is 2.99. The largest absolute Gasteiger partial charge is 0.501 e. The van der Waals surface area contributed by atoms with E-state index in [-0.39, 0.29) is 50.9 Å². The number of rotatable bonds is 8. The molecule has 0 unspecified atom stereocenters. The Morgan fingerprint density at radius 1 is 1.18 bits per heavy atom. The molecule has 0 bridgehead atoms. The Morgan fingerprint density at radius 3 is 2.61 bits per heavy atom. The molecule has 0 atom stereocenters. The summed E-state index contributed by atoms with van der Waals surface area (Å²) in [6, 6.07) is 12.0. The summed E-state index contributed by atoms with van der Waals surface area (Å²) in [5.74, 6) is 1.02. The number of fused-ring (bicyclic) bond motifs is 1. The van der Waals surface area contributed by atoms with Gasteiger partial charge in [0.15, 0.2) is 5.78 Å². The Morgan fingerprint density at radius 2 is 1.94 bits per heavy atom. The third-order valence-corrected chi connectivity index (χ3v) is 7.50. The molecule has 1 aliphatic carbocycles. The fourth-order valence-corrected chi connectivity index (χ4v) is 5.66. The molecule has 3 aromatic rings. The minimum atomic E-state index is -0.00196. The maximum absolute atomic E-state index is 13.3. The van der Waals surface area contributed by atoms with Crippen LogP contribution in [0, 0.1) is 24.8 Å². The first-order valence-electron chi connectivity index (χ1n) is 11.5. The third-order valence-electron chi connectivity index (χ3n) is 6.64. The van der Waals surface area contributed by atoms with Crippen LogP contribution in [0.4, 0.5) is 5.69 Å². The zero-order valence-electron chi connectivity index (χ0n) is 19.5. The molecule has 4 nitrogen and oxygen atoms in total. The van der Waals surface area contributed by atoms with Gasteiger partial charge in [-0.3, -0.25) is 16.2 Å². The molecule has 6 heteroatoms. The molecule has 0 aliphatic heterocycles. The molecular weight excluding hydrogens is 505 g/mol. The van der Waals surface area contributed by atoms with Crippen molar-refractivity contribution in [3.63, 3.8) is 0 Å². The first-order valence-corrected chi connectivity index (χ1v) is 12.4. The molecule has 33 heavy (non-hydrogen) atoms. The van der Waals surface area contributed by atoms with E-state index in [0.717, 1.165) is 47.2 Å². The molecule has 0 N–H and O–H groups in total. The average Bonchev–Trinajstić information content (AvgIpc) is 3.37. The molecular formula is C27H31N2O2SY-. The number of allylic oxidation sites excluding steroid dienone is 1. The van der Waals surface area contributed by atoms with Crippen molar-refractivity contribution in [1.29, 1.82) is 0 Å². The van der Waals surface area contributed by atoms with Crippen LogP contribution in [0.15, 0.2) is 48.4 Å². The predicted octanol–water partition coefficient (Wildman–Crippen LogP) is 6.43. The SMILES string of the molecule is C=[C-]C1CCC(CC(=O)c2cc3sccc3n2CC(=O)N(CC)c2cccc(C)c2)CC1.[Y]. The Bertz CT molecular complexity index is 1120. The van der Waals surface area contributed by atoms with E-state index in [1.54, 1.807) is 16.2 Å². The van der Waals surface area contributed by atoms with Crippen molar-refractivity contribution in [3.05, 3.63) is 65.7 Å². The van der Waals surface area contributed by atoms with Crippen molar-refractivity contribution in [2.24, 2.45) is 11.8 Å². The summed E-state index contributed by atoms with van der Waals surface area (Å²) in [5.41, 5.74) is 3.65. The third kappa shape index (κ3) is 5.93. The monoisotopic (exact) mass is 536 g/mol. The quantitative estimate of drug-likeness (QED) is 0.246. The standard InChI is InChI=1S/C27H31N2O2S.Y/c1-4-20-9-11-21(12-10-20)16-25(30)24-17-26-23(13-14-32-26)29(24)18-27(31)28(5-2)22-8-6-7-19(3)15-22;/h6-8,13-15,17,20-21H,1,5,9-12,16,18H2,2-3H3;/q-1;. The van der Waals surface area contributed by atoms with Crippen molar-refractivity contribution < 1.29 is 42.3 Å². The number of hydrogen-bond donors (Lipinski definition) is 0. The number of likely N-dealkylation sites (N-methyl/N-ethyl adjacent to an activating group) is 1. The summed E-state index contributed by atoms with van der Waals surface area (Å²) in [7, 11) is 0. The Kier molecular flexibility index (Phi) is 9.26. The molecule has 2 aromatic heterocycles. The number of hydrogen-bond acceptors (Lipinski definition) is 3. The fourth-order valence-electron chi connectivity index (χ4n) is 4.84. The molecule has 2 heterocycles. The normalized spacial score (nSPS) is 18.0. The topological polar surface area (TPSA) is 42.3 Å². The second kappa shape index (κ2) is 11.7. The van der Waals surface area contributed by atoms with Crippen LogP contribution in [0.1, 0.15) is 55.1 Å². The minimum absolute atomic E-state index is 0. The van der Waals surface area contributed by atoms with Gasteiger partial charge < -0.3 is 15.5 Å². The van der Waals surface area contributed by atoms with E-state index in [1.807, 2.05) is 60.2 Å². The first kappa shape index (κ1) is 26.1. The van der Waals surface area contributed by atoms with Gasteiger partial charge in [0.25, 0.3) is 0 Å². The number of ketones is 1. The van der Waals surface area contributed by atoms with E-state index in [4.69, 9.17) is 0 Å². The number of amides is 1. The predicted molar refractivity (Wildman–Crippen MR) is 132 cm³/mol. The number of carbonyl (C=O) groups excluding carboxylic acids is 2. The van der Waals surface area contributed by atoms with Crippen molar-refractivity contribution >= 4 is 38.9 Å². The smallest absolute Gasteiger partial charge is 0.246 e. The van der Waals surface area contributed by atoms with Gasteiger partial charge in [-0.2, -0.15) is 5.92 Å². The second-order valence-electron chi connectivity index (χ2n) is 8.81. The summed E-state index contributed by atoms with van der Waals surface area (Å²) in [6.07, 6.45) is 7.88. The first-order chi connectivity index (χ1) is 15.5. The van der Waals surface area contributed by atoms with Gasteiger partial charge in [-0.05, 0) is 55.0 Å². The van der Waals surface area contributed by atoms with Gasteiger partial charge in [-0.15, -0.1) is 11.3 Å². The van der Waals surface area contributed by atoms with Crippen LogP contribution >= 0.6 is 11.3 Å². The summed E-state index contributed by atoms with van der Waals surface area (Å²) in [6.45, 7) is 8.56. The Hall–Kier alpha value is -1.56. The number of aromatic nitrogens is 1. The van der Waals surface area contributed by atoms with Crippen molar-refractivity contribution in [2.75, 3.05) is 11.4 Å². The molecule has 1 aliphatic rings. The molecule has 171 valence electrons. The van der Waals surface area contributed by atoms with Gasteiger partial charge in [0.05, 0.1) is 15.9 Å². The van der Waals surface area contributed by atoms with Crippen LogP contribution in [-0.2, 0) is 44.0 Å². The van der Waals surface area contributed by atoms with Gasteiger partial charge >= 0.3 is 0 Å². The molecule has 0 spiro atoms. The molecule has 0 saturated heterocycles. The van der Waals surface area contributed by atoms with Crippen LogP contribution in [0.3, 0.4) is 0 Å². The van der Waals surface area contributed by atoms with Gasteiger partial charge in [0.2, 0.25) is 5.91 Å². The molecule has 1 radical (unpaired) electrons. The number of aryl methyl sites for hydroxylation is 1. The van der Waals surface area contributed by atoms with Gasteiger partial charge in [0.1, 0.15) is 6.54 Å². The number of anilines is 1. The molecule has 1 fully saturated rings. The van der Waals surface area contributed by atoms with Crippen LogP contribution in [0.2, 0.25) is 0 Å². The molecule has 1 aromatic carbocycles. The van der Waals surface area contributed by atoms with Gasteiger partial charge in [-0.25, -0.2) is 0 Å². The zero-order valence-corrected chi connectivity index (χ0v) is 23.2. The van der Waals surface area contributed by atoms with E-state index >= 15 is 0 Å². The van der Waals surface area contributed by atoms with Crippen LogP contribution < -0.4 is 4.90 Å². The number of Topliss-reactive ketones (excluding diaryl/α,β-unsaturated/α-hetero) is 1.